The van der Waals surface area contributed by atoms with E-state index in [4.69, 9.17) is 12.2 Å². The van der Waals surface area contributed by atoms with Crippen LogP contribution in [0.15, 0.2) is 54.4 Å². The normalized spacial score (nSPS) is 20.1. The third-order valence-corrected chi connectivity index (χ3v) is 5.20. The van der Waals surface area contributed by atoms with Crippen LogP contribution in [0.3, 0.4) is 0 Å². The number of hydrogen-bond acceptors (Lipinski definition) is 3. The highest BCUT2D eigenvalue weighted by Crippen LogP contribution is 2.30. The zero-order valence-corrected chi connectivity index (χ0v) is 15.0. The van der Waals surface area contributed by atoms with Gasteiger partial charge >= 0.3 is 0 Å². The molecule has 132 valence electrons. The van der Waals surface area contributed by atoms with Crippen molar-refractivity contribution in [3.63, 3.8) is 0 Å². The first-order valence-corrected chi connectivity index (χ1v) is 9.18. The predicted octanol–water partition coefficient (Wildman–Crippen LogP) is 3.43. The Morgan fingerprint density at radius 1 is 1.08 bits per heavy atom. The minimum atomic E-state index is -0.458. The summed E-state index contributed by atoms with van der Waals surface area (Å²) in [4.78, 5) is 26.6. The van der Waals surface area contributed by atoms with Crippen molar-refractivity contribution < 1.29 is 9.59 Å². The van der Waals surface area contributed by atoms with Gasteiger partial charge in [0.2, 0.25) is 0 Å². The molecule has 5 nitrogen and oxygen atoms in total. The van der Waals surface area contributed by atoms with Crippen molar-refractivity contribution in [1.29, 1.82) is 0 Å². The fourth-order valence-corrected chi connectivity index (χ4v) is 3.86. The molecule has 1 aromatic carbocycles. The van der Waals surface area contributed by atoms with Gasteiger partial charge in [-0.15, -0.1) is 0 Å². The van der Waals surface area contributed by atoms with Gasteiger partial charge in [0, 0.05) is 18.4 Å². The molecule has 0 spiro atoms. The van der Waals surface area contributed by atoms with Crippen molar-refractivity contribution in [2.24, 2.45) is 0 Å². The molecule has 1 saturated heterocycles. The Morgan fingerprint density at radius 3 is 2.54 bits per heavy atom. The fourth-order valence-electron chi connectivity index (χ4n) is 3.58. The van der Waals surface area contributed by atoms with E-state index in [9.17, 15) is 9.59 Å². The number of anilines is 1. The number of nitrogens with one attached hydrogen (secondary N) is 1. The third kappa shape index (κ3) is 3.08. The maximum Gasteiger partial charge on any atom is 0.270 e. The number of thiocarbonyl (C=S) groups is 1. The van der Waals surface area contributed by atoms with Crippen molar-refractivity contribution in [3.05, 3.63) is 59.9 Å². The Hall–Kier alpha value is -2.73. The molecule has 2 fully saturated rings. The van der Waals surface area contributed by atoms with Crippen LogP contribution in [0.1, 0.15) is 37.3 Å². The number of aromatic nitrogens is 1. The Bertz CT molecular complexity index is 895. The Labute approximate surface area is 157 Å². The summed E-state index contributed by atoms with van der Waals surface area (Å²) in [6.07, 6.45) is 10.5. The highest BCUT2D eigenvalue weighted by Gasteiger charge is 2.34. The van der Waals surface area contributed by atoms with Crippen LogP contribution in [-0.2, 0) is 9.59 Å². The lowest BCUT2D eigenvalue weighted by Crippen LogP contribution is -2.54. The summed E-state index contributed by atoms with van der Waals surface area (Å²) in [5.41, 5.74) is 1.57. The van der Waals surface area contributed by atoms with E-state index in [1.54, 1.807) is 18.2 Å². The minimum Gasteiger partial charge on any atom is -0.351 e. The molecule has 2 aliphatic rings. The molecule has 4 rings (SSSR count). The average molecular weight is 365 g/mol. The van der Waals surface area contributed by atoms with Crippen LogP contribution in [-0.4, -0.2) is 21.5 Å². The molecule has 1 N–H and O–H groups in total. The van der Waals surface area contributed by atoms with E-state index in [2.05, 4.69) is 9.88 Å². The van der Waals surface area contributed by atoms with Gasteiger partial charge in [-0.05, 0) is 54.9 Å². The van der Waals surface area contributed by atoms with Crippen molar-refractivity contribution in [1.82, 2.24) is 9.88 Å². The first-order chi connectivity index (χ1) is 12.6. The fraction of sp³-hybridized carbons (Fsp3) is 0.250. The number of para-hydroxylation sites is 1. The molecule has 1 aliphatic carbocycles. The highest BCUT2D eigenvalue weighted by molar-refractivity contribution is 7.80. The van der Waals surface area contributed by atoms with E-state index in [0.29, 0.717) is 11.7 Å². The topological polar surface area (TPSA) is 54.3 Å². The monoisotopic (exact) mass is 365 g/mol. The van der Waals surface area contributed by atoms with Crippen LogP contribution >= 0.6 is 12.2 Å². The summed E-state index contributed by atoms with van der Waals surface area (Å²) >= 11 is 5.20. The van der Waals surface area contributed by atoms with Crippen LogP contribution in [0, 0.1) is 0 Å². The van der Waals surface area contributed by atoms with Crippen molar-refractivity contribution >= 4 is 40.9 Å². The zero-order chi connectivity index (χ0) is 18.1. The molecule has 1 saturated carbocycles. The average Bonchev–Trinajstić information content (AvgIpc) is 3.31. The maximum absolute atomic E-state index is 12.9. The second kappa shape index (κ2) is 6.88. The van der Waals surface area contributed by atoms with Gasteiger partial charge in [-0.2, -0.15) is 0 Å². The number of carbonyl (C=O) groups excluding carboxylic acids is 2. The van der Waals surface area contributed by atoms with Crippen LogP contribution in [0.2, 0.25) is 0 Å². The molecule has 26 heavy (non-hydrogen) atoms. The number of amides is 2. The second-order valence-electron chi connectivity index (χ2n) is 6.62. The van der Waals surface area contributed by atoms with Crippen molar-refractivity contribution in [2.45, 2.75) is 31.7 Å². The summed E-state index contributed by atoms with van der Waals surface area (Å²) in [7, 11) is 0. The standard InChI is InChI=1S/C20H19N3O2S/c24-18-17(12-14-10-11-22(13-14)15-6-4-5-7-15)19(25)23(20(26)21-18)16-8-2-1-3-9-16/h1-3,8-13,15H,4-7H2,(H,21,24,26)/b17-12-. The highest BCUT2D eigenvalue weighted by atomic mass is 32.1. The van der Waals surface area contributed by atoms with Crippen LogP contribution in [0.25, 0.3) is 6.08 Å². The quantitative estimate of drug-likeness (QED) is 0.515. The number of benzene rings is 1. The second-order valence-corrected chi connectivity index (χ2v) is 7.01. The SMILES string of the molecule is O=C1NC(=S)N(c2ccccc2)C(=O)/C1=C\c1ccn(C2CCCC2)c1. The van der Waals surface area contributed by atoms with E-state index in [0.717, 1.165) is 5.56 Å². The molecule has 0 radical (unpaired) electrons. The molecule has 1 aromatic heterocycles. The van der Waals surface area contributed by atoms with Gasteiger partial charge < -0.3 is 4.57 Å². The molecule has 2 heterocycles. The number of carbonyl (C=O) groups is 2. The molecule has 0 bridgehead atoms. The summed E-state index contributed by atoms with van der Waals surface area (Å²) in [6, 6.07) is 11.5. The molecule has 0 atom stereocenters. The zero-order valence-electron chi connectivity index (χ0n) is 14.2. The summed E-state index contributed by atoms with van der Waals surface area (Å²) < 4.78 is 2.18. The molecular weight excluding hydrogens is 346 g/mol. The summed E-state index contributed by atoms with van der Waals surface area (Å²) in [5.74, 6) is -0.862. The number of rotatable bonds is 3. The van der Waals surface area contributed by atoms with E-state index < -0.39 is 11.8 Å². The Morgan fingerprint density at radius 2 is 1.81 bits per heavy atom. The van der Waals surface area contributed by atoms with Gasteiger partial charge in [-0.3, -0.25) is 19.8 Å². The van der Waals surface area contributed by atoms with E-state index in [-0.39, 0.29) is 10.7 Å². The van der Waals surface area contributed by atoms with Crippen molar-refractivity contribution in [3.8, 4) is 0 Å². The summed E-state index contributed by atoms with van der Waals surface area (Å²) in [6.45, 7) is 0. The van der Waals surface area contributed by atoms with E-state index in [1.807, 2.05) is 36.7 Å². The lowest BCUT2D eigenvalue weighted by atomic mass is 10.1. The number of hydrogen-bond donors (Lipinski definition) is 1. The first kappa shape index (κ1) is 16.7. The Balaban J connectivity index is 1.64. The smallest absolute Gasteiger partial charge is 0.270 e. The van der Waals surface area contributed by atoms with Gasteiger partial charge in [0.1, 0.15) is 5.57 Å². The lowest BCUT2D eigenvalue weighted by molar-refractivity contribution is -0.122. The summed E-state index contributed by atoms with van der Waals surface area (Å²) in [5, 5.41) is 2.72. The first-order valence-electron chi connectivity index (χ1n) is 8.77. The van der Waals surface area contributed by atoms with Crippen molar-refractivity contribution in [2.75, 3.05) is 4.90 Å². The molecule has 1 aliphatic heterocycles. The third-order valence-electron chi connectivity index (χ3n) is 4.91. The van der Waals surface area contributed by atoms with Gasteiger partial charge in [0.15, 0.2) is 5.11 Å². The molecular formula is C20H19N3O2S. The van der Waals surface area contributed by atoms with Gasteiger partial charge in [-0.25, -0.2) is 0 Å². The molecule has 0 unspecified atom stereocenters. The van der Waals surface area contributed by atoms with Gasteiger partial charge in [0.25, 0.3) is 11.8 Å². The number of nitrogens with zero attached hydrogens (tertiary/aromatic N) is 2. The van der Waals surface area contributed by atoms with Crippen LogP contribution < -0.4 is 10.2 Å². The lowest BCUT2D eigenvalue weighted by Gasteiger charge is -2.28. The molecule has 2 amide bonds. The van der Waals surface area contributed by atoms with Gasteiger partial charge in [0.05, 0.1) is 5.69 Å². The Kier molecular flexibility index (Phi) is 4.42. The van der Waals surface area contributed by atoms with Crippen LogP contribution in [0.4, 0.5) is 5.69 Å². The maximum atomic E-state index is 12.9. The van der Waals surface area contributed by atoms with Gasteiger partial charge in [-0.1, -0.05) is 31.0 Å². The van der Waals surface area contributed by atoms with E-state index in [1.165, 1.54) is 30.6 Å². The van der Waals surface area contributed by atoms with Crippen LogP contribution in [0.5, 0.6) is 0 Å². The predicted molar refractivity (Wildman–Crippen MR) is 105 cm³/mol. The molecule has 2 aromatic rings. The largest absolute Gasteiger partial charge is 0.351 e. The molecule has 6 heteroatoms. The minimum absolute atomic E-state index is 0.0895. The van der Waals surface area contributed by atoms with E-state index >= 15 is 0 Å².